The third kappa shape index (κ3) is 3.21. The lowest BCUT2D eigenvalue weighted by Crippen LogP contribution is -2.52. The molecule has 3 aliphatic heterocycles. The van der Waals surface area contributed by atoms with E-state index >= 15 is 0 Å². The molecule has 0 aromatic heterocycles. The van der Waals surface area contributed by atoms with Crippen LogP contribution in [-0.4, -0.2) is 61.0 Å². The molecule has 2 amide bonds. The van der Waals surface area contributed by atoms with E-state index in [0.29, 0.717) is 38.6 Å². The number of nitrogens with one attached hydrogen (secondary N) is 1. The summed E-state index contributed by atoms with van der Waals surface area (Å²) in [6.45, 7) is 4.63. The third-order valence-electron chi connectivity index (χ3n) is 6.73. The van der Waals surface area contributed by atoms with E-state index in [1.165, 1.54) is 11.1 Å². The third-order valence-corrected chi connectivity index (χ3v) is 6.95. The molecule has 1 aliphatic carbocycles. The molecule has 3 atom stereocenters. The van der Waals surface area contributed by atoms with E-state index in [4.69, 9.17) is 16.3 Å². The largest absolute Gasteiger partial charge is 0.378 e. The van der Waals surface area contributed by atoms with Gasteiger partial charge in [-0.25, -0.2) is 4.79 Å². The first-order valence-corrected chi connectivity index (χ1v) is 10.7. The highest BCUT2D eigenvalue weighted by molar-refractivity contribution is 6.30. The Hall–Kier alpha value is -1.63. The molecule has 3 fully saturated rings. The summed E-state index contributed by atoms with van der Waals surface area (Å²) in [6, 6.07) is 4.23. The highest BCUT2D eigenvalue weighted by atomic mass is 35.5. The van der Waals surface area contributed by atoms with E-state index in [9.17, 15) is 9.59 Å². The van der Waals surface area contributed by atoms with Crippen LogP contribution >= 0.6 is 11.6 Å². The number of carbonyl (C=O) groups excluding carboxylic acids is 2. The number of urea groups is 1. The summed E-state index contributed by atoms with van der Waals surface area (Å²) < 4.78 is 5.65. The van der Waals surface area contributed by atoms with Crippen molar-refractivity contribution in [2.75, 3.05) is 39.4 Å². The molecule has 2 bridgehead atoms. The molecule has 28 heavy (non-hydrogen) atoms. The number of ether oxygens (including phenoxy) is 1. The van der Waals surface area contributed by atoms with Crippen LogP contribution in [0.1, 0.15) is 35.6 Å². The molecule has 5 rings (SSSR count). The number of rotatable bonds is 1. The summed E-state index contributed by atoms with van der Waals surface area (Å²) in [7, 11) is 0. The van der Waals surface area contributed by atoms with Crippen LogP contribution in [0.2, 0.25) is 5.02 Å². The Kier molecular flexibility index (Phi) is 4.81. The molecule has 1 N–H and O–H groups in total. The molecule has 0 radical (unpaired) electrons. The number of carbonyl (C=O) groups is 2. The van der Waals surface area contributed by atoms with Crippen LogP contribution < -0.4 is 5.32 Å². The average Bonchev–Trinajstić information content (AvgIpc) is 2.93. The molecule has 1 aromatic rings. The van der Waals surface area contributed by atoms with E-state index in [1.54, 1.807) is 0 Å². The maximum Gasteiger partial charge on any atom is 0.320 e. The number of fused-ring (bicyclic) bond motifs is 3. The van der Waals surface area contributed by atoms with Gasteiger partial charge in [0.2, 0.25) is 0 Å². The van der Waals surface area contributed by atoms with Crippen LogP contribution in [-0.2, 0) is 22.5 Å². The van der Waals surface area contributed by atoms with Gasteiger partial charge in [0, 0.05) is 49.6 Å². The van der Waals surface area contributed by atoms with Crippen molar-refractivity contribution in [1.29, 1.82) is 0 Å². The lowest BCUT2D eigenvalue weighted by Gasteiger charge is -2.38. The minimum absolute atomic E-state index is 0.0535. The molecule has 1 saturated carbocycles. The topological polar surface area (TPSA) is 61.9 Å². The second-order valence-corrected chi connectivity index (χ2v) is 8.88. The first-order chi connectivity index (χ1) is 13.6. The quantitative estimate of drug-likeness (QED) is 0.782. The Labute approximate surface area is 170 Å². The Bertz CT molecular complexity index is 792. The van der Waals surface area contributed by atoms with Gasteiger partial charge < -0.3 is 19.9 Å². The van der Waals surface area contributed by atoms with Gasteiger partial charge in [-0.1, -0.05) is 11.6 Å². The molecule has 3 heterocycles. The van der Waals surface area contributed by atoms with Crippen molar-refractivity contribution in [3.05, 3.63) is 33.8 Å². The Balaban J connectivity index is 1.37. The van der Waals surface area contributed by atoms with Crippen LogP contribution in [0, 0.1) is 11.8 Å². The lowest BCUT2D eigenvalue weighted by molar-refractivity contribution is -0.126. The monoisotopic (exact) mass is 403 g/mol. The van der Waals surface area contributed by atoms with Crippen LogP contribution in [0.15, 0.2) is 12.1 Å². The number of piperidine rings is 1. The van der Waals surface area contributed by atoms with Crippen LogP contribution in [0.4, 0.5) is 4.79 Å². The zero-order valence-electron chi connectivity index (χ0n) is 16.0. The fourth-order valence-electron chi connectivity index (χ4n) is 5.24. The van der Waals surface area contributed by atoms with Gasteiger partial charge in [-0.05, 0) is 48.1 Å². The number of benzene rings is 1. The summed E-state index contributed by atoms with van der Waals surface area (Å²) in [5, 5.41) is 4.25. The number of Topliss-reactive ketones (excluding diaryl/α,β-unsaturated/α-hetero) is 1. The minimum atomic E-state index is 0.0535. The molecule has 0 spiro atoms. The smallest absolute Gasteiger partial charge is 0.320 e. The summed E-state index contributed by atoms with van der Waals surface area (Å²) in [5.74, 6) is 0.476. The predicted octanol–water partition coefficient (Wildman–Crippen LogP) is 2.39. The Morgan fingerprint density at radius 3 is 2.68 bits per heavy atom. The number of ketones is 1. The standard InChI is InChI=1S/C21H26ClN3O3/c22-16-7-13-3-5-24(11-18(13)17(8-16)19-12-28-6-4-23-19)21(27)25-9-14-1-2-15(10-25)20(14)26/h7-8,14-15,19,23H,1-6,9-12H2/t14?,15?,19-/m0/s1. The van der Waals surface area contributed by atoms with Crippen LogP contribution in [0.5, 0.6) is 0 Å². The van der Waals surface area contributed by atoms with E-state index in [-0.39, 0.29) is 23.9 Å². The zero-order chi connectivity index (χ0) is 19.3. The fraction of sp³-hybridized carbons (Fsp3) is 0.619. The summed E-state index contributed by atoms with van der Waals surface area (Å²) in [6.07, 6.45) is 2.68. The van der Waals surface area contributed by atoms with Crippen LogP contribution in [0.3, 0.4) is 0 Å². The van der Waals surface area contributed by atoms with Gasteiger partial charge >= 0.3 is 6.03 Å². The number of amides is 2. The maximum absolute atomic E-state index is 13.2. The molecule has 2 saturated heterocycles. The van der Waals surface area contributed by atoms with Crippen molar-refractivity contribution in [3.63, 3.8) is 0 Å². The number of halogens is 1. The van der Waals surface area contributed by atoms with Gasteiger partial charge in [0.25, 0.3) is 0 Å². The zero-order valence-corrected chi connectivity index (χ0v) is 16.7. The number of likely N-dealkylation sites (tertiary alicyclic amines) is 1. The minimum Gasteiger partial charge on any atom is -0.378 e. The first kappa shape index (κ1) is 18.4. The molecule has 150 valence electrons. The summed E-state index contributed by atoms with van der Waals surface area (Å²) in [5.41, 5.74) is 3.57. The van der Waals surface area contributed by atoms with Crippen molar-refractivity contribution in [1.82, 2.24) is 15.1 Å². The molecule has 2 unspecified atom stereocenters. The van der Waals surface area contributed by atoms with Gasteiger partial charge in [0.15, 0.2) is 0 Å². The summed E-state index contributed by atoms with van der Waals surface area (Å²) >= 11 is 6.39. The number of morpholine rings is 1. The number of hydrogen-bond donors (Lipinski definition) is 1. The number of nitrogens with zero attached hydrogens (tertiary/aromatic N) is 2. The molecule has 6 nitrogen and oxygen atoms in total. The van der Waals surface area contributed by atoms with Gasteiger partial charge in [-0.2, -0.15) is 0 Å². The second kappa shape index (κ2) is 7.32. The van der Waals surface area contributed by atoms with Crippen molar-refractivity contribution in [2.45, 2.75) is 31.8 Å². The Morgan fingerprint density at radius 1 is 1.18 bits per heavy atom. The molecular weight excluding hydrogens is 378 g/mol. The SMILES string of the molecule is O=C1C2CCC1CN(C(=O)N1CCc3cc(Cl)cc([C@@H]4COCCN4)c3C1)C2. The van der Waals surface area contributed by atoms with E-state index in [1.807, 2.05) is 21.9 Å². The molecule has 1 aromatic carbocycles. The molecule has 7 heteroatoms. The van der Waals surface area contributed by atoms with Crippen molar-refractivity contribution in [2.24, 2.45) is 11.8 Å². The van der Waals surface area contributed by atoms with E-state index < -0.39 is 0 Å². The lowest BCUT2D eigenvalue weighted by atomic mass is 9.91. The van der Waals surface area contributed by atoms with Crippen molar-refractivity contribution in [3.8, 4) is 0 Å². The Morgan fingerprint density at radius 2 is 1.96 bits per heavy atom. The van der Waals surface area contributed by atoms with Crippen molar-refractivity contribution < 1.29 is 14.3 Å². The molecule has 4 aliphatic rings. The van der Waals surface area contributed by atoms with E-state index in [2.05, 4.69) is 5.32 Å². The fourth-order valence-corrected chi connectivity index (χ4v) is 5.49. The average molecular weight is 404 g/mol. The van der Waals surface area contributed by atoms with E-state index in [0.717, 1.165) is 43.0 Å². The predicted molar refractivity (Wildman–Crippen MR) is 105 cm³/mol. The van der Waals surface area contributed by atoms with Crippen molar-refractivity contribution >= 4 is 23.4 Å². The highest BCUT2D eigenvalue weighted by Crippen LogP contribution is 2.35. The van der Waals surface area contributed by atoms with Gasteiger partial charge in [-0.15, -0.1) is 0 Å². The number of hydrogen-bond acceptors (Lipinski definition) is 4. The maximum atomic E-state index is 13.2. The first-order valence-electron chi connectivity index (χ1n) is 10.3. The molecular formula is C21H26ClN3O3. The van der Waals surface area contributed by atoms with Crippen LogP contribution in [0.25, 0.3) is 0 Å². The van der Waals surface area contributed by atoms with Gasteiger partial charge in [0.1, 0.15) is 5.78 Å². The van der Waals surface area contributed by atoms with Gasteiger partial charge in [0.05, 0.1) is 19.3 Å². The summed E-state index contributed by atoms with van der Waals surface area (Å²) in [4.78, 5) is 29.2. The normalized spacial score (nSPS) is 29.8. The highest BCUT2D eigenvalue weighted by Gasteiger charge is 2.43. The van der Waals surface area contributed by atoms with Gasteiger partial charge in [-0.3, -0.25) is 4.79 Å². The second-order valence-electron chi connectivity index (χ2n) is 8.45.